The first kappa shape index (κ1) is 22.4. The lowest BCUT2D eigenvalue weighted by atomic mass is 9.88. The Morgan fingerprint density at radius 1 is 0.800 bits per heavy atom. The zero-order chi connectivity index (χ0) is 21.3. The van der Waals surface area contributed by atoms with Crippen molar-refractivity contribution < 1.29 is 4.74 Å². The Morgan fingerprint density at radius 2 is 1.40 bits per heavy atom. The van der Waals surface area contributed by atoms with Gasteiger partial charge in [0.1, 0.15) is 12.4 Å². The van der Waals surface area contributed by atoms with Crippen molar-refractivity contribution in [1.82, 2.24) is 4.90 Å². The molecule has 0 saturated carbocycles. The van der Waals surface area contributed by atoms with Crippen molar-refractivity contribution in [1.29, 1.82) is 0 Å². The van der Waals surface area contributed by atoms with Gasteiger partial charge in [0.15, 0.2) is 0 Å². The zero-order valence-corrected chi connectivity index (χ0v) is 19.0. The molecule has 156 valence electrons. The number of halogens is 2. The van der Waals surface area contributed by atoms with E-state index in [4.69, 9.17) is 27.9 Å². The molecule has 0 saturated heterocycles. The topological polar surface area (TPSA) is 12.5 Å². The van der Waals surface area contributed by atoms with Crippen LogP contribution in [0.3, 0.4) is 0 Å². The summed E-state index contributed by atoms with van der Waals surface area (Å²) >= 11 is 12.3. The lowest BCUT2D eigenvalue weighted by Gasteiger charge is -2.17. The minimum absolute atomic E-state index is 0.542. The minimum Gasteiger partial charge on any atom is -0.492 e. The van der Waals surface area contributed by atoms with Gasteiger partial charge in [0, 0.05) is 17.4 Å². The van der Waals surface area contributed by atoms with E-state index in [2.05, 4.69) is 53.4 Å². The first-order chi connectivity index (χ1) is 14.6. The number of alkyl halides is 1. The predicted octanol–water partition coefficient (Wildman–Crippen LogP) is 6.87. The van der Waals surface area contributed by atoms with Crippen molar-refractivity contribution >= 4 is 34.3 Å². The fraction of sp³-hybridized carbons (Fsp3) is 0.231. The number of rotatable bonds is 9. The third kappa shape index (κ3) is 6.12. The minimum atomic E-state index is 0.542. The second-order valence-corrected chi connectivity index (χ2v) is 8.16. The molecule has 0 heterocycles. The van der Waals surface area contributed by atoms with Gasteiger partial charge >= 0.3 is 0 Å². The molecule has 0 bridgehead atoms. The van der Waals surface area contributed by atoms with Gasteiger partial charge in [-0.05, 0) is 72.6 Å². The maximum absolute atomic E-state index is 6.22. The first-order valence-electron chi connectivity index (χ1n) is 10.1. The van der Waals surface area contributed by atoms with E-state index in [-0.39, 0.29) is 0 Å². The van der Waals surface area contributed by atoms with Crippen LogP contribution >= 0.6 is 23.2 Å². The smallest absolute Gasteiger partial charge is 0.119 e. The SMILES string of the molecule is CN(C)CCOc1ccc(C(=C(CCCl)c2ccc(Cl)cc2)c2ccccc2)cc1. The third-order valence-electron chi connectivity index (χ3n) is 4.85. The molecular formula is C26H27Cl2NO. The number of likely N-dealkylation sites (N-methyl/N-ethyl adjacent to an activating group) is 1. The molecule has 0 aliphatic carbocycles. The van der Waals surface area contributed by atoms with Gasteiger partial charge in [0.05, 0.1) is 0 Å². The van der Waals surface area contributed by atoms with Crippen LogP contribution in [0.15, 0.2) is 78.9 Å². The van der Waals surface area contributed by atoms with E-state index in [1.807, 2.05) is 44.4 Å². The monoisotopic (exact) mass is 439 g/mol. The normalized spacial score (nSPS) is 12.0. The summed E-state index contributed by atoms with van der Waals surface area (Å²) in [4.78, 5) is 2.11. The highest BCUT2D eigenvalue weighted by atomic mass is 35.5. The average Bonchev–Trinajstić information content (AvgIpc) is 2.76. The Kier molecular flexibility index (Phi) is 8.39. The summed E-state index contributed by atoms with van der Waals surface area (Å²) in [6, 6.07) is 26.7. The van der Waals surface area contributed by atoms with Crippen LogP contribution in [-0.2, 0) is 0 Å². The largest absolute Gasteiger partial charge is 0.492 e. The molecule has 0 fully saturated rings. The van der Waals surface area contributed by atoms with Gasteiger partial charge in [-0.1, -0.05) is 66.2 Å². The Morgan fingerprint density at radius 3 is 2.00 bits per heavy atom. The molecule has 2 nitrogen and oxygen atoms in total. The summed E-state index contributed by atoms with van der Waals surface area (Å²) in [6.07, 6.45) is 0.758. The number of hydrogen-bond donors (Lipinski definition) is 0. The first-order valence-corrected chi connectivity index (χ1v) is 11.0. The fourth-order valence-electron chi connectivity index (χ4n) is 3.34. The van der Waals surface area contributed by atoms with Crippen LogP contribution in [0.4, 0.5) is 0 Å². The van der Waals surface area contributed by atoms with Crippen LogP contribution in [0, 0.1) is 0 Å². The quantitative estimate of drug-likeness (QED) is 0.266. The number of ether oxygens (including phenoxy) is 1. The highest BCUT2D eigenvalue weighted by Gasteiger charge is 2.14. The van der Waals surface area contributed by atoms with Crippen LogP contribution in [-0.4, -0.2) is 38.0 Å². The molecule has 0 spiro atoms. The average molecular weight is 440 g/mol. The Bertz CT molecular complexity index is 949. The number of nitrogens with zero attached hydrogens (tertiary/aromatic N) is 1. The summed E-state index contributed by atoms with van der Waals surface area (Å²) in [7, 11) is 4.08. The summed E-state index contributed by atoms with van der Waals surface area (Å²) in [5, 5.41) is 0.726. The molecule has 0 radical (unpaired) electrons. The van der Waals surface area contributed by atoms with Crippen LogP contribution in [0.2, 0.25) is 5.02 Å². The molecule has 0 aliphatic heterocycles. The van der Waals surface area contributed by atoms with Crippen molar-refractivity contribution in [3.8, 4) is 5.75 Å². The maximum Gasteiger partial charge on any atom is 0.119 e. The molecule has 0 aromatic heterocycles. The molecule has 30 heavy (non-hydrogen) atoms. The second-order valence-electron chi connectivity index (χ2n) is 7.34. The lowest BCUT2D eigenvalue weighted by Crippen LogP contribution is -2.19. The maximum atomic E-state index is 6.22. The lowest BCUT2D eigenvalue weighted by molar-refractivity contribution is 0.261. The van der Waals surface area contributed by atoms with Crippen molar-refractivity contribution in [3.05, 3.63) is 101 Å². The number of hydrogen-bond acceptors (Lipinski definition) is 2. The fourth-order valence-corrected chi connectivity index (χ4v) is 3.66. The van der Waals surface area contributed by atoms with Crippen molar-refractivity contribution in [2.45, 2.75) is 6.42 Å². The van der Waals surface area contributed by atoms with Gasteiger partial charge < -0.3 is 9.64 Å². The van der Waals surface area contributed by atoms with Crippen LogP contribution < -0.4 is 4.74 Å². The standard InChI is InChI=1S/C26H27Cl2NO/c1-29(2)18-19-30-24-14-10-22(11-15-24)26(21-6-4-3-5-7-21)25(16-17-27)20-8-12-23(28)13-9-20/h3-15H,16-19H2,1-2H3. The molecule has 4 heteroatoms. The van der Waals surface area contributed by atoms with E-state index in [1.165, 1.54) is 11.1 Å². The highest BCUT2D eigenvalue weighted by molar-refractivity contribution is 6.30. The van der Waals surface area contributed by atoms with Gasteiger partial charge in [0.25, 0.3) is 0 Å². The van der Waals surface area contributed by atoms with E-state index in [1.54, 1.807) is 0 Å². The van der Waals surface area contributed by atoms with Gasteiger partial charge in [-0.25, -0.2) is 0 Å². The Balaban J connectivity index is 2.04. The van der Waals surface area contributed by atoms with Crippen molar-refractivity contribution in [2.75, 3.05) is 33.1 Å². The van der Waals surface area contributed by atoms with E-state index in [9.17, 15) is 0 Å². The van der Waals surface area contributed by atoms with Crippen molar-refractivity contribution in [2.24, 2.45) is 0 Å². The summed E-state index contributed by atoms with van der Waals surface area (Å²) in [6.45, 7) is 1.54. The molecular weight excluding hydrogens is 413 g/mol. The number of allylic oxidation sites excluding steroid dienone is 1. The number of benzene rings is 3. The van der Waals surface area contributed by atoms with Crippen LogP contribution in [0.25, 0.3) is 11.1 Å². The molecule has 3 rings (SSSR count). The van der Waals surface area contributed by atoms with Gasteiger partial charge in [0.2, 0.25) is 0 Å². The third-order valence-corrected chi connectivity index (χ3v) is 5.29. The zero-order valence-electron chi connectivity index (χ0n) is 17.4. The molecule has 3 aromatic carbocycles. The van der Waals surface area contributed by atoms with E-state index in [0.717, 1.165) is 40.4 Å². The molecule has 0 N–H and O–H groups in total. The van der Waals surface area contributed by atoms with E-state index in [0.29, 0.717) is 12.5 Å². The molecule has 0 aliphatic rings. The Hall–Kier alpha value is -2.26. The summed E-state index contributed by atoms with van der Waals surface area (Å²) in [5.74, 6) is 1.42. The predicted molar refractivity (Wildman–Crippen MR) is 130 cm³/mol. The van der Waals surface area contributed by atoms with E-state index < -0.39 is 0 Å². The summed E-state index contributed by atoms with van der Waals surface area (Å²) < 4.78 is 5.87. The van der Waals surface area contributed by atoms with Crippen LogP contribution in [0.5, 0.6) is 5.75 Å². The van der Waals surface area contributed by atoms with Gasteiger partial charge in [-0.2, -0.15) is 0 Å². The Labute approximate surface area is 189 Å². The van der Waals surface area contributed by atoms with Crippen LogP contribution in [0.1, 0.15) is 23.1 Å². The van der Waals surface area contributed by atoms with Gasteiger partial charge in [-0.15, -0.1) is 11.6 Å². The van der Waals surface area contributed by atoms with E-state index >= 15 is 0 Å². The highest BCUT2D eigenvalue weighted by Crippen LogP contribution is 2.35. The second kappa shape index (κ2) is 11.2. The molecule has 0 unspecified atom stereocenters. The summed E-state index contributed by atoms with van der Waals surface area (Å²) in [5.41, 5.74) is 5.81. The molecule has 0 atom stereocenters. The molecule has 0 amide bonds. The van der Waals surface area contributed by atoms with Crippen molar-refractivity contribution in [3.63, 3.8) is 0 Å². The van der Waals surface area contributed by atoms with Gasteiger partial charge in [-0.3, -0.25) is 0 Å². The molecule has 3 aromatic rings.